The number of nitrogens with one attached hydrogen (secondary N) is 2. The van der Waals surface area contributed by atoms with Crippen molar-refractivity contribution in [1.29, 1.82) is 0 Å². The minimum atomic E-state index is -5.80. The lowest BCUT2D eigenvalue weighted by Crippen LogP contribution is -2.48. The molecule has 1 atom stereocenters. The van der Waals surface area contributed by atoms with Crippen LogP contribution in [0.4, 0.5) is 22.0 Å². The Hall–Kier alpha value is -3.36. The number of carbonyl (C=O) groups is 1. The van der Waals surface area contributed by atoms with E-state index >= 15 is 0 Å². The molecule has 16 heteroatoms. The van der Waals surface area contributed by atoms with Crippen LogP contribution in [0.3, 0.4) is 0 Å². The van der Waals surface area contributed by atoms with E-state index < -0.39 is 52.5 Å². The molecule has 0 aliphatic carbocycles. The van der Waals surface area contributed by atoms with Gasteiger partial charge in [-0.05, 0) is 54.8 Å². The second-order valence-electron chi connectivity index (χ2n) is 8.99. The van der Waals surface area contributed by atoms with Gasteiger partial charge in [0.05, 0.1) is 17.1 Å². The zero-order valence-electron chi connectivity index (χ0n) is 21.6. The molecule has 0 fully saturated rings. The Morgan fingerprint density at radius 1 is 0.881 bits per heavy atom. The number of carbonyl (C=O) groups excluding carboxylic acids is 1. The van der Waals surface area contributed by atoms with Gasteiger partial charge in [-0.15, -0.1) is 0 Å². The van der Waals surface area contributed by atoms with Gasteiger partial charge in [0.25, 0.3) is 0 Å². The number of halogens is 5. The van der Waals surface area contributed by atoms with Crippen LogP contribution in [-0.4, -0.2) is 43.3 Å². The van der Waals surface area contributed by atoms with Gasteiger partial charge in [0, 0.05) is 12.1 Å². The standard InChI is InChI=1S/C26H26F5N2O7PS/c27-25(28,29)19-11-13-21(14-12-19)40-16-4-15-32-24(34)23(33-42(38,39)22-5-2-1-3-6-22)17-18-7-9-20(10-8-18)26(30,31)41(35,36)37/h1-3,5-14,23,33H,4,15-17H2,(H,32,34)(H2,35,36,37)/t23-/m0/s1. The molecule has 0 heterocycles. The number of ether oxygens (including phenoxy) is 1. The Morgan fingerprint density at radius 3 is 2.00 bits per heavy atom. The smallest absolute Gasteiger partial charge is 0.416 e. The first-order valence-electron chi connectivity index (χ1n) is 12.2. The van der Waals surface area contributed by atoms with E-state index in [9.17, 15) is 39.7 Å². The fraction of sp³-hybridized carbons (Fsp3) is 0.269. The predicted octanol–water partition coefficient (Wildman–Crippen LogP) is 4.41. The molecule has 3 aromatic carbocycles. The molecule has 0 aliphatic heterocycles. The number of sulfonamides is 1. The lowest BCUT2D eigenvalue weighted by atomic mass is 10.0. The van der Waals surface area contributed by atoms with E-state index in [-0.39, 0.29) is 42.2 Å². The van der Waals surface area contributed by atoms with Crippen molar-refractivity contribution in [1.82, 2.24) is 10.0 Å². The predicted molar refractivity (Wildman–Crippen MR) is 141 cm³/mol. The minimum absolute atomic E-state index is 0.00349. The molecule has 1 amide bonds. The van der Waals surface area contributed by atoms with Crippen LogP contribution in [0.15, 0.2) is 83.8 Å². The van der Waals surface area contributed by atoms with Crippen molar-refractivity contribution in [2.24, 2.45) is 0 Å². The number of hydrogen-bond acceptors (Lipinski definition) is 5. The second-order valence-corrected chi connectivity index (χ2v) is 12.4. The molecule has 228 valence electrons. The van der Waals surface area contributed by atoms with E-state index in [0.29, 0.717) is 0 Å². The third kappa shape index (κ3) is 8.82. The van der Waals surface area contributed by atoms with Crippen molar-refractivity contribution >= 4 is 23.5 Å². The maximum atomic E-state index is 14.0. The Balaban J connectivity index is 1.66. The van der Waals surface area contributed by atoms with Crippen molar-refractivity contribution in [2.75, 3.05) is 13.2 Å². The lowest BCUT2D eigenvalue weighted by Gasteiger charge is -2.20. The number of alkyl halides is 5. The highest BCUT2D eigenvalue weighted by Gasteiger charge is 2.50. The Kier molecular flexibility index (Phi) is 10.5. The third-order valence-electron chi connectivity index (χ3n) is 5.85. The summed E-state index contributed by atoms with van der Waals surface area (Å²) in [4.78, 5) is 30.7. The zero-order valence-corrected chi connectivity index (χ0v) is 23.3. The maximum Gasteiger partial charge on any atom is 0.416 e. The Labute approximate surface area is 237 Å². The number of amides is 1. The monoisotopic (exact) mass is 636 g/mol. The number of benzene rings is 3. The van der Waals surface area contributed by atoms with Crippen molar-refractivity contribution in [2.45, 2.75) is 35.6 Å². The van der Waals surface area contributed by atoms with Gasteiger partial charge in [0.1, 0.15) is 11.8 Å². The van der Waals surface area contributed by atoms with Crippen molar-refractivity contribution in [3.05, 3.63) is 95.6 Å². The molecular formula is C26H26F5N2O7PS. The molecule has 0 unspecified atom stereocenters. The molecule has 3 aromatic rings. The van der Waals surface area contributed by atoms with Gasteiger partial charge >= 0.3 is 19.4 Å². The van der Waals surface area contributed by atoms with Gasteiger partial charge in [0.15, 0.2) is 0 Å². The molecule has 0 radical (unpaired) electrons. The first-order chi connectivity index (χ1) is 19.5. The summed E-state index contributed by atoms with van der Waals surface area (Å²) < 4.78 is 111. The summed E-state index contributed by atoms with van der Waals surface area (Å²) in [6.07, 6.45) is -4.59. The Morgan fingerprint density at radius 2 is 1.45 bits per heavy atom. The molecule has 0 spiro atoms. The maximum absolute atomic E-state index is 14.0. The van der Waals surface area contributed by atoms with Crippen molar-refractivity contribution in [3.8, 4) is 5.75 Å². The van der Waals surface area contributed by atoms with Crippen LogP contribution in [0.2, 0.25) is 0 Å². The molecule has 9 nitrogen and oxygen atoms in total. The quantitative estimate of drug-likeness (QED) is 0.124. The van der Waals surface area contributed by atoms with E-state index in [4.69, 9.17) is 14.5 Å². The summed E-state index contributed by atoms with van der Waals surface area (Å²) in [5, 5.41) is 2.53. The largest absolute Gasteiger partial charge is 0.494 e. The van der Waals surface area contributed by atoms with Gasteiger partial charge in [-0.1, -0.05) is 42.5 Å². The average Bonchev–Trinajstić information content (AvgIpc) is 2.92. The highest BCUT2D eigenvalue weighted by atomic mass is 32.2. The van der Waals surface area contributed by atoms with E-state index in [2.05, 4.69) is 10.0 Å². The van der Waals surface area contributed by atoms with Crippen molar-refractivity contribution < 1.29 is 54.3 Å². The van der Waals surface area contributed by atoms with E-state index in [1.165, 1.54) is 24.3 Å². The fourth-order valence-electron chi connectivity index (χ4n) is 3.63. The van der Waals surface area contributed by atoms with Crippen LogP contribution in [-0.2, 0) is 37.6 Å². The normalized spacial score (nSPS) is 13.4. The summed E-state index contributed by atoms with van der Waals surface area (Å²) in [6, 6.07) is 13.5. The van der Waals surface area contributed by atoms with Crippen LogP contribution in [0.25, 0.3) is 0 Å². The first kappa shape index (κ1) is 33.1. The Bertz CT molecular complexity index is 1500. The average molecular weight is 637 g/mol. The number of hydrogen-bond donors (Lipinski definition) is 4. The number of rotatable bonds is 13. The first-order valence-corrected chi connectivity index (χ1v) is 15.3. The molecule has 4 N–H and O–H groups in total. The van der Waals surface area contributed by atoms with Crippen LogP contribution >= 0.6 is 7.60 Å². The molecular weight excluding hydrogens is 610 g/mol. The highest BCUT2D eigenvalue weighted by molar-refractivity contribution is 7.89. The molecule has 42 heavy (non-hydrogen) atoms. The second kappa shape index (κ2) is 13.3. The summed E-state index contributed by atoms with van der Waals surface area (Å²) in [5.74, 6) is -0.593. The molecule has 0 aliphatic rings. The van der Waals surface area contributed by atoms with Gasteiger partial charge in [-0.25, -0.2) is 8.42 Å². The van der Waals surface area contributed by atoms with Crippen LogP contribution in [0, 0.1) is 0 Å². The van der Waals surface area contributed by atoms with Gasteiger partial charge in [0.2, 0.25) is 15.9 Å². The fourth-order valence-corrected chi connectivity index (χ4v) is 5.33. The van der Waals surface area contributed by atoms with E-state index in [1.807, 2.05) is 0 Å². The molecule has 3 rings (SSSR count). The minimum Gasteiger partial charge on any atom is -0.494 e. The highest BCUT2D eigenvalue weighted by Crippen LogP contribution is 2.59. The van der Waals surface area contributed by atoms with Gasteiger partial charge in [-0.2, -0.15) is 26.7 Å². The molecule has 0 bridgehead atoms. The van der Waals surface area contributed by atoms with E-state index in [0.717, 1.165) is 48.5 Å². The lowest BCUT2D eigenvalue weighted by molar-refractivity contribution is -0.137. The van der Waals surface area contributed by atoms with Crippen LogP contribution in [0.5, 0.6) is 5.75 Å². The van der Waals surface area contributed by atoms with Gasteiger partial charge < -0.3 is 19.8 Å². The molecule has 0 saturated carbocycles. The third-order valence-corrected chi connectivity index (χ3v) is 8.32. The van der Waals surface area contributed by atoms with Crippen LogP contribution < -0.4 is 14.8 Å². The summed E-state index contributed by atoms with van der Waals surface area (Å²) in [6.45, 7) is 0.0117. The molecule has 0 aromatic heterocycles. The molecule has 0 saturated heterocycles. The van der Waals surface area contributed by atoms with Crippen molar-refractivity contribution in [3.63, 3.8) is 0 Å². The van der Waals surface area contributed by atoms with Crippen LogP contribution in [0.1, 0.15) is 23.1 Å². The summed E-state index contributed by atoms with van der Waals surface area (Å²) in [7, 11) is -10.0. The van der Waals surface area contributed by atoms with Gasteiger partial charge in [-0.3, -0.25) is 9.36 Å². The van der Waals surface area contributed by atoms with E-state index in [1.54, 1.807) is 6.07 Å². The summed E-state index contributed by atoms with van der Waals surface area (Å²) >= 11 is 0. The topological polar surface area (TPSA) is 142 Å². The zero-order chi connectivity index (χ0) is 31.2. The SMILES string of the molecule is O=C(NCCCOc1ccc(C(F)(F)F)cc1)[C@H](Cc1ccc(C(F)(F)P(=O)(O)O)cc1)NS(=O)(=O)c1ccccc1. The summed E-state index contributed by atoms with van der Waals surface area (Å²) in [5.41, 5.74) is -6.03.